The van der Waals surface area contributed by atoms with E-state index in [2.05, 4.69) is 5.32 Å². The van der Waals surface area contributed by atoms with Crippen LogP contribution in [0.1, 0.15) is 68.1 Å². The number of halogens is 3. The number of aryl methyl sites for hydroxylation is 2. The van der Waals surface area contributed by atoms with Gasteiger partial charge in [0.25, 0.3) is 5.91 Å². The lowest BCUT2D eigenvalue weighted by atomic mass is 9.89. The number of amides is 2. The number of carbonyl (C=O) groups excluding carboxylic acids is 2. The average molecular weight is 571 g/mol. The first kappa shape index (κ1) is 29.5. The summed E-state index contributed by atoms with van der Waals surface area (Å²) in [5.74, 6) is -1.22. The minimum atomic E-state index is -4.99. The first-order valence-corrected chi connectivity index (χ1v) is 15.2. The molecule has 39 heavy (non-hydrogen) atoms. The molecule has 4 rings (SSSR count). The zero-order valence-corrected chi connectivity index (χ0v) is 23.6. The number of hydrogen-bond donors (Lipinski definition) is 1. The molecule has 0 radical (unpaired) electrons. The molecule has 0 bridgehead atoms. The Labute approximate surface area is 228 Å². The fourth-order valence-corrected chi connectivity index (χ4v) is 7.45. The number of rotatable bonds is 6. The van der Waals surface area contributed by atoms with Gasteiger partial charge < -0.3 is 10.2 Å². The van der Waals surface area contributed by atoms with Crippen molar-refractivity contribution in [3.05, 3.63) is 28.8 Å². The number of carbonyl (C=O) groups is 2. The molecule has 12 heteroatoms. The number of sulfonamides is 1. The second-order valence-electron chi connectivity index (χ2n) is 11.1. The number of hydrogen-bond acceptors (Lipinski definition) is 5. The highest BCUT2D eigenvalue weighted by Crippen LogP contribution is 2.35. The zero-order valence-electron chi connectivity index (χ0n) is 22.7. The van der Waals surface area contributed by atoms with Crippen molar-refractivity contribution in [1.29, 1.82) is 0 Å². The molecule has 1 spiro atoms. The number of nitrogens with zero attached hydrogens (tertiary/aromatic N) is 3. The smallest absolute Gasteiger partial charge is 0.312 e. The van der Waals surface area contributed by atoms with Crippen LogP contribution >= 0.6 is 0 Å². The van der Waals surface area contributed by atoms with Crippen LogP contribution < -0.4 is 10.2 Å². The summed E-state index contributed by atoms with van der Waals surface area (Å²) >= 11 is 0. The van der Waals surface area contributed by atoms with Crippen molar-refractivity contribution < 1.29 is 31.2 Å². The van der Waals surface area contributed by atoms with Crippen LogP contribution in [0.15, 0.2) is 17.1 Å². The maximum atomic E-state index is 13.2. The molecule has 2 amide bonds. The van der Waals surface area contributed by atoms with E-state index in [1.54, 1.807) is 13.8 Å². The predicted octanol–water partition coefficient (Wildman–Crippen LogP) is 4.03. The van der Waals surface area contributed by atoms with Gasteiger partial charge in [-0.3, -0.25) is 14.6 Å². The fourth-order valence-electron chi connectivity index (χ4n) is 5.99. The number of amidine groups is 1. The third-order valence-corrected chi connectivity index (χ3v) is 10.3. The number of nitrogens with one attached hydrogen (secondary N) is 1. The first-order chi connectivity index (χ1) is 18.2. The lowest BCUT2D eigenvalue weighted by Crippen LogP contribution is -2.51. The molecule has 0 unspecified atom stereocenters. The molecule has 8 nitrogen and oxygen atoms in total. The molecule has 0 atom stereocenters. The van der Waals surface area contributed by atoms with Gasteiger partial charge in [0.1, 0.15) is 11.4 Å². The van der Waals surface area contributed by atoms with Crippen molar-refractivity contribution in [2.45, 2.75) is 83.4 Å². The van der Waals surface area contributed by atoms with Gasteiger partial charge >= 0.3 is 12.1 Å². The molecule has 0 aromatic heterocycles. The minimum absolute atomic E-state index is 0.0962. The number of piperidine rings is 1. The average Bonchev–Trinajstić information content (AvgIpc) is 3.03. The van der Waals surface area contributed by atoms with Gasteiger partial charge in [0.2, 0.25) is 10.0 Å². The quantitative estimate of drug-likeness (QED) is 0.522. The molecule has 2 fully saturated rings. The van der Waals surface area contributed by atoms with Gasteiger partial charge in [-0.1, -0.05) is 25.7 Å². The summed E-state index contributed by atoms with van der Waals surface area (Å²) in [6.45, 7) is 3.80. The van der Waals surface area contributed by atoms with Crippen LogP contribution in [0.5, 0.6) is 0 Å². The van der Waals surface area contributed by atoms with E-state index in [1.165, 1.54) is 29.3 Å². The molecular formula is C27H37F3N4O4S. The first-order valence-electron chi connectivity index (χ1n) is 13.6. The van der Waals surface area contributed by atoms with Crippen LogP contribution in [0.3, 0.4) is 0 Å². The molecule has 1 aromatic carbocycles. The lowest BCUT2D eigenvalue weighted by Gasteiger charge is -2.34. The predicted molar refractivity (Wildman–Crippen MR) is 143 cm³/mol. The summed E-state index contributed by atoms with van der Waals surface area (Å²) in [5.41, 5.74) is 1.15. The normalized spacial score (nSPS) is 21.0. The number of alkyl halides is 3. The molecule has 216 valence electrons. The summed E-state index contributed by atoms with van der Waals surface area (Å²) in [6.07, 6.45) is 2.56. The van der Waals surface area contributed by atoms with Crippen molar-refractivity contribution in [2.75, 3.05) is 30.8 Å². The van der Waals surface area contributed by atoms with Gasteiger partial charge in [0, 0.05) is 31.7 Å². The minimum Gasteiger partial charge on any atom is -0.312 e. The Morgan fingerprint density at radius 3 is 2.21 bits per heavy atom. The number of anilines is 1. The summed E-state index contributed by atoms with van der Waals surface area (Å²) in [4.78, 5) is 29.9. The molecule has 3 aliphatic rings. The summed E-state index contributed by atoms with van der Waals surface area (Å²) in [6, 6.07) is 2.93. The van der Waals surface area contributed by atoms with E-state index in [9.17, 15) is 31.2 Å². The number of aliphatic imine (C=N–C) groups is 1. The molecule has 1 aliphatic carbocycles. The van der Waals surface area contributed by atoms with Crippen molar-refractivity contribution in [2.24, 2.45) is 10.9 Å². The Morgan fingerprint density at radius 2 is 1.67 bits per heavy atom. The Balaban J connectivity index is 1.39. The Hall–Kier alpha value is -2.47. The Kier molecular flexibility index (Phi) is 8.47. The van der Waals surface area contributed by atoms with Gasteiger partial charge in [-0.2, -0.15) is 13.2 Å². The molecule has 2 heterocycles. The van der Waals surface area contributed by atoms with Crippen LogP contribution in [-0.4, -0.2) is 68.0 Å². The van der Waals surface area contributed by atoms with E-state index >= 15 is 0 Å². The Bertz CT molecular complexity index is 1220. The highest BCUT2D eigenvalue weighted by atomic mass is 32.2. The largest absolute Gasteiger partial charge is 0.471 e. The zero-order chi connectivity index (χ0) is 28.6. The second kappa shape index (κ2) is 11.2. The third kappa shape index (κ3) is 6.32. The Morgan fingerprint density at radius 1 is 1.10 bits per heavy atom. The van der Waals surface area contributed by atoms with Crippen molar-refractivity contribution >= 4 is 33.4 Å². The highest BCUT2D eigenvalue weighted by Gasteiger charge is 2.48. The maximum Gasteiger partial charge on any atom is 0.471 e. The molecule has 1 saturated carbocycles. The van der Waals surface area contributed by atoms with Crippen LogP contribution in [0.25, 0.3) is 0 Å². The van der Waals surface area contributed by atoms with Gasteiger partial charge in [0.05, 0.1) is 5.75 Å². The van der Waals surface area contributed by atoms with E-state index in [-0.39, 0.29) is 42.8 Å². The fraction of sp³-hybridized carbons (Fsp3) is 0.667. The maximum absolute atomic E-state index is 13.2. The topological polar surface area (TPSA) is 99.2 Å². The van der Waals surface area contributed by atoms with Crippen molar-refractivity contribution in [1.82, 2.24) is 9.62 Å². The van der Waals surface area contributed by atoms with E-state index in [0.717, 1.165) is 44.1 Å². The summed E-state index contributed by atoms with van der Waals surface area (Å²) < 4.78 is 66.3. The molecule has 1 N–H and O–H groups in total. The van der Waals surface area contributed by atoms with E-state index in [0.29, 0.717) is 28.9 Å². The lowest BCUT2D eigenvalue weighted by molar-refractivity contribution is -0.170. The van der Waals surface area contributed by atoms with Crippen molar-refractivity contribution in [3.8, 4) is 0 Å². The number of benzene rings is 1. The van der Waals surface area contributed by atoms with Gasteiger partial charge in [0.15, 0.2) is 0 Å². The van der Waals surface area contributed by atoms with Gasteiger partial charge in [-0.15, -0.1) is 0 Å². The molecule has 1 saturated heterocycles. The van der Waals surface area contributed by atoms with Gasteiger partial charge in [-0.25, -0.2) is 12.7 Å². The highest BCUT2D eigenvalue weighted by molar-refractivity contribution is 7.89. The van der Waals surface area contributed by atoms with E-state index in [1.807, 2.05) is 0 Å². The van der Waals surface area contributed by atoms with Crippen LogP contribution in [-0.2, 0) is 26.0 Å². The van der Waals surface area contributed by atoms with Crippen molar-refractivity contribution in [3.63, 3.8) is 0 Å². The van der Waals surface area contributed by atoms with Gasteiger partial charge in [-0.05, 0) is 74.8 Å². The van der Waals surface area contributed by atoms with Crippen LogP contribution in [0, 0.1) is 19.8 Å². The van der Waals surface area contributed by atoms with Crippen LogP contribution in [0.4, 0.5) is 18.9 Å². The monoisotopic (exact) mass is 570 g/mol. The molecule has 1 aromatic rings. The summed E-state index contributed by atoms with van der Waals surface area (Å²) in [5, 5.41) is 3.01. The molecular weight excluding hydrogens is 533 g/mol. The standard InChI is InChI=1S/C27H37F3N4O4S/c1-18-16-21(33(3)25(36)27(28,29)30)17-19(2)22(18)10-15-39(37,38)34-13-11-26(12-14-34)24(35)31-23(32-26)20-8-6-4-5-7-9-20/h16-17,20H,4-15H2,1-3H3,(H,31,32,35). The summed E-state index contributed by atoms with van der Waals surface area (Å²) in [7, 11) is -2.58. The van der Waals surface area contributed by atoms with E-state index in [4.69, 9.17) is 4.99 Å². The third-order valence-electron chi connectivity index (χ3n) is 8.41. The molecule has 2 aliphatic heterocycles. The van der Waals surface area contributed by atoms with E-state index < -0.39 is 27.6 Å². The second-order valence-corrected chi connectivity index (χ2v) is 13.1. The SMILES string of the molecule is Cc1cc(N(C)C(=O)C(F)(F)F)cc(C)c1CCS(=O)(=O)N1CCC2(CC1)N=C(C1CCCCCC1)NC2=O. The van der Waals surface area contributed by atoms with Crippen LogP contribution in [0.2, 0.25) is 0 Å².